The normalized spacial score (nSPS) is 34.5. The van der Waals surface area contributed by atoms with Gasteiger partial charge in [-0.05, 0) is 69.6 Å². The van der Waals surface area contributed by atoms with Crippen LogP contribution in [-0.4, -0.2) is 18.8 Å². The molecule has 2 nitrogen and oxygen atoms in total. The highest BCUT2D eigenvalue weighted by Gasteiger charge is 2.33. The molecule has 0 aromatic carbocycles. The van der Waals surface area contributed by atoms with Crippen molar-refractivity contribution in [2.75, 3.05) is 7.05 Å². The molecule has 1 aliphatic heterocycles. The maximum Gasteiger partial charge on any atom is 0.0635 e. The van der Waals surface area contributed by atoms with Crippen LogP contribution in [0, 0.1) is 5.92 Å². The third-order valence-corrected chi connectivity index (χ3v) is 5.33. The van der Waals surface area contributed by atoms with E-state index in [1.54, 1.807) is 0 Å². The number of likely N-dealkylation sites (N-methyl/N-ethyl adjacent to an activating group) is 1. The second kappa shape index (κ2) is 6.78. The number of nitrogens with zero attached hydrogens (tertiary/aromatic N) is 1. The summed E-state index contributed by atoms with van der Waals surface area (Å²) >= 11 is 0. The van der Waals surface area contributed by atoms with Crippen molar-refractivity contribution in [1.82, 2.24) is 5.32 Å². The summed E-state index contributed by atoms with van der Waals surface area (Å²) in [6, 6.07) is 0. The molecule has 0 saturated carbocycles. The van der Waals surface area contributed by atoms with Gasteiger partial charge in [0.05, 0.1) is 5.54 Å². The van der Waals surface area contributed by atoms with Crippen LogP contribution >= 0.6 is 0 Å². The fourth-order valence-electron chi connectivity index (χ4n) is 3.99. The summed E-state index contributed by atoms with van der Waals surface area (Å²) in [5.41, 5.74) is 3.94. The highest BCUT2D eigenvalue weighted by molar-refractivity contribution is 5.78. The fraction of sp³-hybridized carbons (Fsp3) is 0.550. The molecular formula is C20H28N2. The zero-order valence-corrected chi connectivity index (χ0v) is 13.9. The van der Waals surface area contributed by atoms with Crippen LogP contribution in [0.5, 0.6) is 0 Å². The monoisotopic (exact) mass is 296 g/mol. The van der Waals surface area contributed by atoms with E-state index in [1.165, 1.54) is 48.9 Å². The molecule has 0 radical (unpaired) electrons. The van der Waals surface area contributed by atoms with Crippen LogP contribution in [0.15, 0.2) is 52.2 Å². The third kappa shape index (κ3) is 3.17. The molecule has 3 aliphatic rings. The molecular weight excluding hydrogens is 268 g/mol. The standard InChI is InChI=1S/C20H28N2/c1-16-8-6-9-17-10-7-13-20(21-2)12-5-3-4-11-18(20)19(14-17)22-15-16/h4-5,8,11-12,15,17,21H,3,6-7,9-10,13-14H2,1-2H3/b16-8-,19-18?,22-15?. The Hall–Kier alpha value is -1.41. The van der Waals surface area contributed by atoms with E-state index in [4.69, 9.17) is 4.99 Å². The Bertz CT molecular complexity index is 562. The Morgan fingerprint density at radius 2 is 2.18 bits per heavy atom. The van der Waals surface area contributed by atoms with Crippen molar-refractivity contribution in [3.05, 3.63) is 47.2 Å². The van der Waals surface area contributed by atoms with E-state index >= 15 is 0 Å². The Kier molecular flexibility index (Phi) is 4.77. The zero-order valence-electron chi connectivity index (χ0n) is 13.9. The molecule has 118 valence electrons. The van der Waals surface area contributed by atoms with Gasteiger partial charge >= 0.3 is 0 Å². The lowest BCUT2D eigenvalue weighted by atomic mass is 9.77. The van der Waals surface area contributed by atoms with Crippen LogP contribution in [0.25, 0.3) is 0 Å². The van der Waals surface area contributed by atoms with Crippen LogP contribution in [0.4, 0.5) is 0 Å². The smallest absolute Gasteiger partial charge is 0.0635 e. The molecule has 0 saturated heterocycles. The van der Waals surface area contributed by atoms with Gasteiger partial charge in [-0.25, -0.2) is 0 Å². The first-order chi connectivity index (χ1) is 10.7. The molecule has 2 aliphatic carbocycles. The summed E-state index contributed by atoms with van der Waals surface area (Å²) < 4.78 is 0. The lowest BCUT2D eigenvalue weighted by Crippen LogP contribution is -2.43. The van der Waals surface area contributed by atoms with Gasteiger partial charge in [0.2, 0.25) is 0 Å². The van der Waals surface area contributed by atoms with Gasteiger partial charge in [-0.1, -0.05) is 36.8 Å². The number of nitrogens with one attached hydrogen (secondary N) is 1. The van der Waals surface area contributed by atoms with Crippen LogP contribution < -0.4 is 5.32 Å². The highest BCUT2D eigenvalue weighted by atomic mass is 14.9. The van der Waals surface area contributed by atoms with Crippen LogP contribution in [-0.2, 0) is 0 Å². The second-order valence-electron chi connectivity index (χ2n) is 6.87. The van der Waals surface area contributed by atoms with E-state index in [9.17, 15) is 0 Å². The van der Waals surface area contributed by atoms with E-state index in [0.29, 0.717) is 0 Å². The van der Waals surface area contributed by atoms with Crippen molar-refractivity contribution in [3.8, 4) is 0 Å². The van der Waals surface area contributed by atoms with E-state index in [1.807, 2.05) is 0 Å². The van der Waals surface area contributed by atoms with Crippen molar-refractivity contribution >= 4 is 6.21 Å². The summed E-state index contributed by atoms with van der Waals surface area (Å²) in [5, 5.41) is 3.61. The molecule has 0 fully saturated rings. The number of hydrogen-bond acceptors (Lipinski definition) is 2. The Balaban J connectivity index is 2.13. The van der Waals surface area contributed by atoms with Gasteiger partial charge in [-0.3, -0.25) is 4.99 Å². The molecule has 3 rings (SSSR count). The van der Waals surface area contributed by atoms with Crippen molar-refractivity contribution in [3.63, 3.8) is 0 Å². The average molecular weight is 296 g/mol. The average Bonchev–Trinajstić information content (AvgIpc) is 2.65. The van der Waals surface area contributed by atoms with Gasteiger partial charge < -0.3 is 5.32 Å². The van der Waals surface area contributed by atoms with E-state index in [-0.39, 0.29) is 5.54 Å². The molecule has 2 unspecified atom stereocenters. The van der Waals surface area contributed by atoms with Crippen molar-refractivity contribution in [1.29, 1.82) is 0 Å². The van der Waals surface area contributed by atoms with Gasteiger partial charge in [0.25, 0.3) is 0 Å². The largest absolute Gasteiger partial charge is 0.307 e. The molecule has 2 bridgehead atoms. The Labute approximate surface area is 134 Å². The van der Waals surface area contributed by atoms with Crippen LogP contribution in [0.3, 0.4) is 0 Å². The number of rotatable bonds is 1. The Morgan fingerprint density at radius 1 is 1.27 bits per heavy atom. The first-order valence-electron chi connectivity index (χ1n) is 8.71. The topological polar surface area (TPSA) is 24.4 Å². The summed E-state index contributed by atoms with van der Waals surface area (Å²) in [6.07, 6.45) is 22.1. The second-order valence-corrected chi connectivity index (χ2v) is 6.87. The minimum Gasteiger partial charge on any atom is -0.307 e. The van der Waals surface area contributed by atoms with Gasteiger partial charge in [0.1, 0.15) is 0 Å². The summed E-state index contributed by atoms with van der Waals surface area (Å²) in [4.78, 5) is 4.93. The molecule has 2 atom stereocenters. The Morgan fingerprint density at radius 3 is 3.05 bits per heavy atom. The third-order valence-electron chi connectivity index (χ3n) is 5.33. The van der Waals surface area contributed by atoms with Gasteiger partial charge in [-0.2, -0.15) is 0 Å². The first kappa shape index (κ1) is 15.5. The molecule has 0 aromatic rings. The van der Waals surface area contributed by atoms with Crippen molar-refractivity contribution in [2.45, 2.75) is 57.4 Å². The maximum absolute atomic E-state index is 4.93. The SMILES string of the molecule is CNC12C=CCC=CC1=C1CC(CC/C=C(/C)C=N1)CCC2. The van der Waals surface area contributed by atoms with E-state index in [2.05, 4.69) is 55.9 Å². The zero-order chi connectivity index (χ0) is 15.4. The number of allylic oxidation sites excluding steroid dienone is 5. The van der Waals surface area contributed by atoms with Crippen LogP contribution in [0.1, 0.15) is 51.9 Å². The molecule has 1 heterocycles. The predicted molar refractivity (Wildman–Crippen MR) is 95.2 cm³/mol. The minimum atomic E-state index is -0.0314. The lowest BCUT2D eigenvalue weighted by Gasteiger charge is -2.36. The summed E-state index contributed by atoms with van der Waals surface area (Å²) in [7, 11) is 2.09. The molecule has 2 heteroatoms. The van der Waals surface area contributed by atoms with Crippen molar-refractivity contribution in [2.24, 2.45) is 10.9 Å². The fourth-order valence-corrected chi connectivity index (χ4v) is 3.99. The van der Waals surface area contributed by atoms with Gasteiger partial charge in [0.15, 0.2) is 0 Å². The summed E-state index contributed by atoms with van der Waals surface area (Å²) in [6.45, 7) is 2.17. The van der Waals surface area contributed by atoms with Crippen LogP contribution in [0.2, 0.25) is 0 Å². The van der Waals surface area contributed by atoms with E-state index < -0.39 is 0 Å². The predicted octanol–water partition coefficient (Wildman–Crippen LogP) is 4.72. The lowest BCUT2D eigenvalue weighted by molar-refractivity contribution is 0.366. The molecule has 0 amide bonds. The van der Waals surface area contributed by atoms with Gasteiger partial charge in [0, 0.05) is 11.9 Å². The first-order valence-corrected chi connectivity index (χ1v) is 8.71. The molecule has 0 aromatic heterocycles. The van der Waals surface area contributed by atoms with Crippen molar-refractivity contribution < 1.29 is 0 Å². The molecule has 0 spiro atoms. The quantitative estimate of drug-likeness (QED) is 0.696. The highest BCUT2D eigenvalue weighted by Crippen LogP contribution is 2.38. The molecule has 22 heavy (non-hydrogen) atoms. The minimum absolute atomic E-state index is 0.0314. The van der Waals surface area contributed by atoms with Gasteiger partial charge in [-0.15, -0.1) is 0 Å². The van der Waals surface area contributed by atoms with E-state index in [0.717, 1.165) is 18.8 Å². The maximum atomic E-state index is 4.93. The number of fused-ring (bicyclic) bond motifs is 3. The summed E-state index contributed by atoms with van der Waals surface area (Å²) in [5.74, 6) is 0.775. The number of aliphatic imine (C=N–C) groups is 1. The molecule has 1 N–H and O–H groups in total. The number of hydrogen-bond donors (Lipinski definition) is 1.